The van der Waals surface area contributed by atoms with E-state index in [0.29, 0.717) is 31.0 Å². The van der Waals surface area contributed by atoms with Crippen LogP contribution in [-0.2, 0) is 17.5 Å². The Balaban J connectivity index is 1.95. The first-order valence-corrected chi connectivity index (χ1v) is 8.99. The van der Waals surface area contributed by atoms with E-state index in [1.807, 2.05) is 4.90 Å². The molecule has 0 radical (unpaired) electrons. The summed E-state index contributed by atoms with van der Waals surface area (Å²) in [5.74, 6) is -0.890. The first-order chi connectivity index (χ1) is 13.9. The van der Waals surface area contributed by atoms with Gasteiger partial charge >= 0.3 is 6.18 Å². The summed E-state index contributed by atoms with van der Waals surface area (Å²) in [5, 5.41) is 0.0906. The van der Waals surface area contributed by atoms with E-state index in [1.165, 1.54) is 18.2 Å². The fourth-order valence-electron chi connectivity index (χ4n) is 3.44. The van der Waals surface area contributed by atoms with Crippen LogP contribution in [0.3, 0.4) is 0 Å². The van der Waals surface area contributed by atoms with Crippen molar-refractivity contribution in [1.29, 1.82) is 0 Å². The smallest absolute Gasteiger partial charge is 0.450 e. The van der Waals surface area contributed by atoms with Crippen molar-refractivity contribution >= 4 is 11.0 Å². The molecule has 4 rings (SSSR count). The van der Waals surface area contributed by atoms with Crippen LogP contribution in [0.1, 0.15) is 11.3 Å². The third kappa shape index (κ3) is 3.61. The van der Waals surface area contributed by atoms with Gasteiger partial charge in [-0.2, -0.15) is 13.2 Å². The van der Waals surface area contributed by atoms with Gasteiger partial charge in [-0.05, 0) is 17.7 Å². The molecule has 0 N–H and O–H groups in total. The van der Waals surface area contributed by atoms with E-state index in [-0.39, 0.29) is 23.3 Å². The highest BCUT2D eigenvalue weighted by Gasteiger charge is 2.40. The van der Waals surface area contributed by atoms with Crippen LogP contribution in [0.4, 0.5) is 13.2 Å². The van der Waals surface area contributed by atoms with E-state index in [4.69, 9.17) is 13.9 Å². The van der Waals surface area contributed by atoms with Gasteiger partial charge in [0.1, 0.15) is 18.1 Å². The highest BCUT2D eigenvalue weighted by atomic mass is 19.4. The number of benzene rings is 2. The number of nitrogens with zero attached hydrogens (tertiary/aromatic N) is 1. The molecule has 0 atom stereocenters. The van der Waals surface area contributed by atoms with E-state index in [1.54, 1.807) is 31.4 Å². The summed E-state index contributed by atoms with van der Waals surface area (Å²) in [7, 11) is 1.56. The van der Waals surface area contributed by atoms with E-state index in [0.717, 1.165) is 0 Å². The quantitative estimate of drug-likeness (QED) is 0.649. The van der Waals surface area contributed by atoms with Gasteiger partial charge in [0, 0.05) is 20.2 Å². The molecule has 0 aliphatic carbocycles. The number of halogens is 3. The van der Waals surface area contributed by atoms with Gasteiger partial charge in [0.2, 0.25) is 11.2 Å². The Labute approximate surface area is 164 Å². The van der Waals surface area contributed by atoms with E-state index in [2.05, 4.69) is 0 Å². The Morgan fingerprint density at radius 2 is 1.90 bits per heavy atom. The molecule has 1 aliphatic rings. The SMILES string of the molecule is COCCN1COc2ccc3c(=O)c(-c4ccccc4)c(C(F)(F)F)oc3c2C1. The molecule has 29 heavy (non-hydrogen) atoms. The number of hydrogen-bond donors (Lipinski definition) is 0. The summed E-state index contributed by atoms with van der Waals surface area (Å²) in [6, 6.07) is 10.8. The van der Waals surface area contributed by atoms with Crippen molar-refractivity contribution in [2.75, 3.05) is 27.0 Å². The molecule has 0 bridgehead atoms. The lowest BCUT2D eigenvalue weighted by Crippen LogP contribution is -2.34. The number of rotatable bonds is 4. The zero-order valence-electron chi connectivity index (χ0n) is 15.6. The Hall–Kier alpha value is -2.84. The van der Waals surface area contributed by atoms with Crippen molar-refractivity contribution < 1.29 is 27.1 Å². The van der Waals surface area contributed by atoms with Crippen LogP contribution in [0, 0.1) is 0 Å². The Bertz CT molecular complexity index is 1090. The van der Waals surface area contributed by atoms with Gasteiger partial charge in [-0.1, -0.05) is 30.3 Å². The normalized spacial score (nSPS) is 14.6. The van der Waals surface area contributed by atoms with Crippen LogP contribution in [0.15, 0.2) is 51.7 Å². The first kappa shape index (κ1) is 19.5. The lowest BCUT2D eigenvalue weighted by molar-refractivity contribution is -0.152. The van der Waals surface area contributed by atoms with Crippen molar-refractivity contribution in [2.24, 2.45) is 0 Å². The molecule has 0 saturated carbocycles. The molecule has 2 aromatic carbocycles. The lowest BCUT2D eigenvalue weighted by Gasteiger charge is -2.29. The monoisotopic (exact) mass is 405 g/mol. The zero-order valence-corrected chi connectivity index (χ0v) is 15.6. The van der Waals surface area contributed by atoms with Gasteiger partial charge in [0.05, 0.1) is 23.1 Å². The minimum absolute atomic E-state index is 0.0906. The van der Waals surface area contributed by atoms with Crippen LogP contribution in [-0.4, -0.2) is 31.9 Å². The molecular weight excluding hydrogens is 387 g/mol. The fourth-order valence-corrected chi connectivity index (χ4v) is 3.44. The molecule has 8 heteroatoms. The van der Waals surface area contributed by atoms with Gasteiger partial charge in [0.25, 0.3) is 0 Å². The number of ether oxygens (including phenoxy) is 2. The fraction of sp³-hybridized carbons (Fsp3) is 0.286. The van der Waals surface area contributed by atoms with Gasteiger partial charge < -0.3 is 13.9 Å². The Kier molecular flexibility index (Phi) is 5.06. The van der Waals surface area contributed by atoms with Crippen molar-refractivity contribution in [3.8, 4) is 16.9 Å². The lowest BCUT2D eigenvalue weighted by atomic mass is 10.00. The number of fused-ring (bicyclic) bond motifs is 3. The van der Waals surface area contributed by atoms with Gasteiger partial charge in [-0.3, -0.25) is 9.69 Å². The van der Waals surface area contributed by atoms with E-state index >= 15 is 0 Å². The highest BCUT2D eigenvalue weighted by molar-refractivity contribution is 5.87. The number of alkyl halides is 3. The molecule has 0 saturated heterocycles. The maximum atomic E-state index is 13.8. The summed E-state index contributed by atoms with van der Waals surface area (Å²) in [6.45, 7) is 1.55. The predicted octanol–water partition coefficient (Wildman–Crippen LogP) is 4.28. The molecule has 0 spiro atoms. The van der Waals surface area contributed by atoms with Crippen molar-refractivity contribution in [2.45, 2.75) is 12.7 Å². The Morgan fingerprint density at radius 3 is 2.59 bits per heavy atom. The van der Waals surface area contributed by atoms with Crippen LogP contribution in [0.5, 0.6) is 5.75 Å². The summed E-state index contributed by atoms with van der Waals surface area (Å²) >= 11 is 0. The van der Waals surface area contributed by atoms with Crippen molar-refractivity contribution in [3.05, 3.63) is 64.0 Å². The molecule has 2 heterocycles. The largest absolute Gasteiger partial charge is 0.478 e. The van der Waals surface area contributed by atoms with Gasteiger partial charge in [-0.25, -0.2) is 0 Å². The molecule has 0 fully saturated rings. The second-order valence-corrected chi connectivity index (χ2v) is 6.74. The van der Waals surface area contributed by atoms with E-state index in [9.17, 15) is 18.0 Å². The molecule has 152 valence electrons. The number of methoxy groups -OCH3 is 1. The second-order valence-electron chi connectivity index (χ2n) is 6.74. The molecule has 1 aliphatic heterocycles. The molecule has 0 amide bonds. The van der Waals surface area contributed by atoms with Crippen molar-refractivity contribution in [1.82, 2.24) is 4.90 Å². The maximum absolute atomic E-state index is 13.8. The third-order valence-corrected chi connectivity index (χ3v) is 4.84. The summed E-state index contributed by atoms with van der Waals surface area (Å²) < 4.78 is 57.6. The molecule has 0 unspecified atom stereocenters. The number of hydrogen-bond acceptors (Lipinski definition) is 5. The average molecular weight is 405 g/mol. The van der Waals surface area contributed by atoms with Gasteiger partial charge in [0.15, 0.2) is 0 Å². The summed E-state index contributed by atoms with van der Waals surface area (Å²) in [4.78, 5) is 15.0. The molecular formula is C21H18F3NO4. The topological polar surface area (TPSA) is 51.9 Å². The first-order valence-electron chi connectivity index (χ1n) is 8.99. The second kappa shape index (κ2) is 7.53. The van der Waals surface area contributed by atoms with Crippen LogP contribution in [0.2, 0.25) is 0 Å². The zero-order chi connectivity index (χ0) is 20.6. The summed E-state index contributed by atoms with van der Waals surface area (Å²) in [5.41, 5.74) is -0.722. The summed E-state index contributed by atoms with van der Waals surface area (Å²) in [6.07, 6.45) is -4.83. The maximum Gasteiger partial charge on any atom is 0.450 e. The van der Waals surface area contributed by atoms with Crippen LogP contribution >= 0.6 is 0 Å². The highest BCUT2D eigenvalue weighted by Crippen LogP contribution is 2.40. The van der Waals surface area contributed by atoms with Crippen LogP contribution < -0.4 is 10.2 Å². The van der Waals surface area contributed by atoms with Crippen molar-refractivity contribution in [3.63, 3.8) is 0 Å². The van der Waals surface area contributed by atoms with Crippen LogP contribution in [0.25, 0.3) is 22.1 Å². The minimum Gasteiger partial charge on any atom is -0.478 e. The Morgan fingerprint density at radius 1 is 1.14 bits per heavy atom. The van der Waals surface area contributed by atoms with Gasteiger partial charge in [-0.15, -0.1) is 0 Å². The standard InChI is InChI=1S/C21H18F3NO4/c1-27-10-9-25-11-15-16(28-12-25)8-7-14-18(26)17(13-5-3-2-4-6-13)20(21(22,23)24)29-19(14)15/h2-8H,9-12H2,1H3. The minimum atomic E-state index is -4.83. The predicted molar refractivity (Wildman–Crippen MR) is 101 cm³/mol. The molecule has 5 nitrogen and oxygen atoms in total. The molecule has 3 aromatic rings. The average Bonchev–Trinajstić information content (AvgIpc) is 2.71. The third-order valence-electron chi connectivity index (χ3n) is 4.84. The molecule has 1 aromatic heterocycles. The van der Waals surface area contributed by atoms with E-state index < -0.39 is 22.9 Å².